The number of hydrogen-bond acceptors (Lipinski definition) is 3. The Bertz CT molecular complexity index is 664. The Morgan fingerprint density at radius 2 is 2.05 bits per heavy atom. The Kier molecular flexibility index (Phi) is 5.07. The molecule has 2 aromatic rings. The van der Waals surface area contributed by atoms with Crippen molar-refractivity contribution in [3.05, 3.63) is 51.5 Å². The van der Waals surface area contributed by atoms with E-state index in [1.54, 1.807) is 37.4 Å². The molecule has 0 aliphatic rings. The fourth-order valence-electron chi connectivity index (χ4n) is 1.78. The molecule has 2 N–H and O–H groups in total. The van der Waals surface area contributed by atoms with Gasteiger partial charge in [-0.15, -0.1) is 0 Å². The number of benzene rings is 2. The van der Waals surface area contributed by atoms with Gasteiger partial charge in [-0.05, 0) is 36.4 Å². The number of nitrogen functional groups attached to an aromatic ring is 1. The molecule has 0 radical (unpaired) electrons. The van der Waals surface area contributed by atoms with Crippen molar-refractivity contribution in [3.8, 4) is 5.75 Å². The van der Waals surface area contributed by atoms with E-state index in [1.807, 2.05) is 6.07 Å². The summed E-state index contributed by atoms with van der Waals surface area (Å²) in [6, 6.07) is 10.6. The van der Waals surface area contributed by atoms with Gasteiger partial charge >= 0.3 is 0 Å². The van der Waals surface area contributed by atoms with E-state index in [0.29, 0.717) is 27.1 Å². The van der Waals surface area contributed by atoms with Crippen LogP contribution in [-0.4, -0.2) is 11.3 Å². The van der Waals surface area contributed by atoms with Crippen LogP contribution >= 0.6 is 27.5 Å². The van der Waals surface area contributed by atoms with Crippen molar-refractivity contribution < 1.29 is 8.95 Å². The van der Waals surface area contributed by atoms with Crippen LogP contribution in [0.2, 0.25) is 5.02 Å². The summed E-state index contributed by atoms with van der Waals surface area (Å²) < 4.78 is 18.6. The van der Waals surface area contributed by atoms with Crippen molar-refractivity contribution in [2.45, 2.75) is 10.6 Å². The Hall–Kier alpha value is -1.04. The van der Waals surface area contributed by atoms with Crippen LogP contribution in [0.15, 0.2) is 45.8 Å². The van der Waals surface area contributed by atoms with Crippen LogP contribution in [-0.2, 0) is 16.6 Å². The smallest absolute Gasteiger partial charge is 0.123 e. The molecule has 1 unspecified atom stereocenters. The second-order valence-corrected chi connectivity index (χ2v) is 6.90. The minimum atomic E-state index is -1.27. The first-order valence-corrected chi connectivity index (χ1v) is 8.26. The fourth-order valence-corrected chi connectivity index (χ4v) is 3.74. The summed E-state index contributed by atoms with van der Waals surface area (Å²) in [6.45, 7) is 0. The third-order valence-electron chi connectivity index (χ3n) is 2.75. The lowest BCUT2D eigenvalue weighted by Gasteiger charge is -2.10. The maximum atomic E-state index is 12.5. The molecule has 2 rings (SSSR count). The highest BCUT2D eigenvalue weighted by atomic mass is 79.9. The molecule has 0 saturated carbocycles. The number of nitrogens with two attached hydrogens (primary N) is 1. The zero-order chi connectivity index (χ0) is 14.7. The first kappa shape index (κ1) is 15.4. The summed E-state index contributed by atoms with van der Waals surface area (Å²) >= 11 is 9.33. The number of rotatable bonds is 4. The average Bonchev–Trinajstić information content (AvgIpc) is 2.41. The molecule has 0 bridgehead atoms. The first-order valence-electron chi connectivity index (χ1n) is 5.77. The lowest BCUT2D eigenvalue weighted by atomic mass is 10.2. The van der Waals surface area contributed by atoms with Gasteiger partial charge in [-0.1, -0.05) is 27.5 Å². The van der Waals surface area contributed by atoms with E-state index in [1.165, 1.54) is 0 Å². The van der Waals surface area contributed by atoms with E-state index < -0.39 is 10.8 Å². The van der Waals surface area contributed by atoms with Crippen LogP contribution in [0.4, 0.5) is 5.69 Å². The number of hydrogen-bond donors (Lipinski definition) is 1. The van der Waals surface area contributed by atoms with E-state index in [0.717, 1.165) is 10.0 Å². The van der Waals surface area contributed by atoms with Gasteiger partial charge in [-0.3, -0.25) is 4.21 Å². The van der Waals surface area contributed by atoms with Crippen molar-refractivity contribution in [3.63, 3.8) is 0 Å². The van der Waals surface area contributed by atoms with Gasteiger partial charge in [0, 0.05) is 20.7 Å². The molecule has 0 spiro atoms. The molecule has 6 heteroatoms. The van der Waals surface area contributed by atoms with Gasteiger partial charge in [0.1, 0.15) is 5.75 Å². The topological polar surface area (TPSA) is 52.3 Å². The third kappa shape index (κ3) is 3.53. The van der Waals surface area contributed by atoms with E-state index in [2.05, 4.69) is 15.9 Å². The monoisotopic (exact) mass is 373 g/mol. The molecule has 0 fully saturated rings. The highest BCUT2D eigenvalue weighted by Crippen LogP contribution is 2.28. The molecule has 0 saturated heterocycles. The maximum absolute atomic E-state index is 12.5. The first-order chi connectivity index (χ1) is 9.51. The lowest BCUT2D eigenvalue weighted by Crippen LogP contribution is -2.02. The largest absolute Gasteiger partial charge is 0.496 e. The zero-order valence-electron chi connectivity index (χ0n) is 10.7. The molecular formula is C14H13BrClNO2S. The highest BCUT2D eigenvalue weighted by molar-refractivity contribution is 9.10. The van der Waals surface area contributed by atoms with Crippen LogP contribution in [0.5, 0.6) is 5.75 Å². The zero-order valence-corrected chi connectivity index (χ0v) is 13.9. The van der Waals surface area contributed by atoms with Crippen molar-refractivity contribution in [2.24, 2.45) is 0 Å². The molecule has 0 aliphatic heterocycles. The molecule has 0 amide bonds. The lowest BCUT2D eigenvalue weighted by molar-refractivity contribution is 0.411. The van der Waals surface area contributed by atoms with Crippen LogP contribution < -0.4 is 10.5 Å². The Balaban J connectivity index is 2.32. The average molecular weight is 375 g/mol. The standard InChI is InChI=1S/C14H13BrClNO2S/c1-19-13-5-3-11(16)6-9(13)8-20(18)14-7-10(15)2-4-12(14)17/h2-7H,8,17H2,1H3. The molecule has 0 heterocycles. The van der Waals surface area contributed by atoms with Crippen LogP contribution in [0, 0.1) is 0 Å². The Morgan fingerprint density at radius 1 is 1.30 bits per heavy atom. The number of anilines is 1. The van der Waals surface area contributed by atoms with Crippen molar-refractivity contribution in [2.75, 3.05) is 12.8 Å². The van der Waals surface area contributed by atoms with Crippen LogP contribution in [0.25, 0.3) is 0 Å². The SMILES string of the molecule is COc1ccc(Cl)cc1CS(=O)c1cc(Br)ccc1N. The van der Waals surface area contributed by atoms with Crippen LogP contribution in [0.1, 0.15) is 5.56 Å². The minimum absolute atomic E-state index is 0.296. The van der Waals surface area contributed by atoms with Gasteiger partial charge < -0.3 is 10.5 Å². The normalized spacial score (nSPS) is 12.2. The van der Waals surface area contributed by atoms with E-state index in [9.17, 15) is 4.21 Å². The van der Waals surface area contributed by atoms with Gasteiger partial charge in [0.05, 0.1) is 28.6 Å². The highest BCUT2D eigenvalue weighted by Gasteiger charge is 2.13. The second kappa shape index (κ2) is 6.61. The van der Waals surface area contributed by atoms with Crippen molar-refractivity contribution in [1.82, 2.24) is 0 Å². The molecule has 2 aromatic carbocycles. The summed E-state index contributed by atoms with van der Waals surface area (Å²) in [7, 11) is 0.303. The maximum Gasteiger partial charge on any atom is 0.123 e. The third-order valence-corrected chi connectivity index (χ3v) is 4.90. The fraction of sp³-hybridized carbons (Fsp3) is 0.143. The van der Waals surface area contributed by atoms with E-state index >= 15 is 0 Å². The van der Waals surface area contributed by atoms with Gasteiger partial charge in [0.15, 0.2) is 0 Å². The van der Waals surface area contributed by atoms with Gasteiger partial charge in [0.2, 0.25) is 0 Å². The number of ether oxygens (including phenoxy) is 1. The van der Waals surface area contributed by atoms with Crippen LogP contribution in [0.3, 0.4) is 0 Å². The molecule has 1 atom stereocenters. The molecule has 3 nitrogen and oxygen atoms in total. The molecule has 20 heavy (non-hydrogen) atoms. The van der Waals surface area contributed by atoms with Gasteiger partial charge in [0.25, 0.3) is 0 Å². The van der Waals surface area contributed by atoms with Crippen molar-refractivity contribution >= 4 is 44.0 Å². The summed E-state index contributed by atoms with van der Waals surface area (Å²) in [5.41, 5.74) is 7.17. The van der Waals surface area contributed by atoms with E-state index in [4.69, 9.17) is 22.1 Å². The van der Waals surface area contributed by atoms with Gasteiger partial charge in [-0.25, -0.2) is 0 Å². The molecule has 0 aromatic heterocycles. The summed E-state index contributed by atoms with van der Waals surface area (Å²) in [4.78, 5) is 0.599. The van der Waals surface area contributed by atoms with Gasteiger partial charge in [-0.2, -0.15) is 0 Å². The summed E-state index contributed by atoms with van der Waals surface area (Å²) in [5.74, 6) is 0.959. The molecular weight excluding hydrogens is 362 g/mol. The number of methoxy groups -OCH3 is 1. The summed E-state index contributed by atoms with van der Waals surface area (Å²) in [6.07, 6.45) is 0. The predicted octanol–water partition coefficient (Wildman–Crippen LogP) is 4.00. The quantitative estimate of drug-likeness (QED) is 0.823. The Labute approximate surface area is 133 Å². The second-order valence-electron chi connectivity index (χ2n) is 4.13. The summed E-state index contributed by atoms with van der Waals surface area (Å²) in [5, 5.41) is 0.583. The van der Waals surface area contributed by atoms with Crippen molar-refractivity contribution in [1.29, 1.82) is 0 Å². The molecule has 106 valence electrons. The number of halogens is 2. The van der Waals surface area contributed by atoms with E-state index in [-0.39, 0.29) is 0 Å². The molecule has 0 aliphatic carbocycles. The minimum Gasteiger partial charge on any atom is -0.496 e. The predicted molar refractivity (Wildman–Crippen MR) is 86.7 cm³/mol. The Morgan fingerprint density at radius 3 is 2.75 bits per heavy atom.